The average molecular weight is 145 g/mol. The van der Waals surface area contributed by atoms with Crippen LogP contribution in [-0.4, -0.2) is 11.4 Å². The van der Waals surface area contributed by atoms with Crippen LogP contribution in [0.1, 0.15) is 5.76 Å². The van der Waals surface area contributed by atoms with Gasteiger partial charge in [0, 0.05) is 6.07 Å². The van der Waals surface area contributed by atoms with E-state index in [9.17, 15) is 4.79 Å². The van der Waals surface area contributed by atoms with Crippen LogP contribution < -0.4 is 5.56 Å². The van der Waals surface area contributed by atoms with Gasteiger partial charge in [-0.25, -0.2) is 0 Å². The van der Waals surface area contributed by atoms with Gasteiger partial charge in [0.1, 0.15) is 5.76 Å². The molecule has 0 spiro atoms. The second-order valence-corrected chi connectivity index (χ2v) is 2.48. The van der Waals surface area contributed by atoms with Crippen molar-refractivity contribution in [1.29, 1.82) is 0 Å². The summed E-state index contributed by atoms with van der Waals surface area (Å²) in [6.45, 7) is 0. The predicted molar refractivity (Wildman–Crippen MR) is 36.5 cm³/mol. The standard InChI is InChI=1S/C5H7NO2S/c1-9-3-4-2-5(7)6-8-4/h2H,3H2,1H3,(H,6,7). The summed E-state index contributed by atoms with van der Waals surface area (Å²) in [5.74, 6) is 1.45. The smallest absolute Gasteiger partial charge is 0.280 e. The molecule has 4 heteroatoms. The monoisotopic (exact) mass is 145 g/mol. The van der Waals surface area contributed by atoms with Crippen LogP contribution in [0.25, 0.3) is 0 Å². The molecule has 0 aliphatic heterocycles. The number of aromatic amines is 1. The van der Waals surface area contributed by atoms with E-state index >= 15 is 0 Å². The molecule has 0 aliphatic rings. The average Bonchev–Trinajstić information content (AvgIpc) is 2.17. The van der Waals surface area contributed by atoms with Crippen molar-refractivity contribution in [2.75, 3.05) is 6.26 Å². The lowest BCUT2D eigenvalue weighted by atomic mass is 10.5. The molecule has 1 aromatic heterocycles. The number of rotatable bonds is 2. The van der Waals surface area contributed by atoms with Crippen LogP contribution in [0.15, 0.2) is 15.4 Å². The Kier molecular flexibility index (Phi) is 2.00. The fourth-order valence-corrected chi connectivity index (χ4v) is 0.961. The fraction of sp³-hybridized carbons (Fsp3) is 0.400. The second kappa shape index (κ2) is 2.77. The number of aromatic nitrogens is 1. The lowest BCUT2D eigenvalue weighted by Gasteiger charge is -1.84. The van der Waals surface area contributed by atoms with Gasteiger partial charge in [-0.05, 0) is 6.26 Å². The first-order valence-corrected chi connectivity index (χ1v) is 3.88. The van der Waals surface area contributed by atoms with Gasteiger partial charge in [0.15, 0.2) is 0 Å². The Hall–Kier alpha value is -0.640. The van der Waals surface area contributed by atoms with Gasteiger partial charge in [0.05, 0.1) is 5.75 Å². The molecule has 1 aromatic rings. The van der Waals surface area contributed by atoms with Crippen LogP contribution in [0.4, 0.5) is 0 Å². The Bertz CT molecular complexity index is 227. The number of thioether (sulfide) groups is 1. The third kappa shape index (κ3) is 1.64. The van der Waals surface area contributed by atoms with Gasteiger partial charge in [-0.15, -0.1) is 0 Å². The second-order valence-electron chi connectivity index (χ2n) is 1.61. The summed E-state index contributed by atoms with van der Waals surface area (Å²) in [5.41, 5.74) is -0.168. The highest BCUT2D eigenvalue weighted by Gasteiger charge is 1.95. The van der Waals surface area contributed by atoms with Crippen molar-refractivity contribution in [2.45, 2.75) is 5.75 Å². The first-order chi connectivity index (χ1) is 4.33. The Balaban J connectivity index is 2.73. The zero-order chi connectivity index (χ0) is 6.69. The maximum Gasteiger partial charge on any atom is 0.280 e. The normalized spacial score (nSPS) is 9.89. The Morgan fingerprint density at radius 2 is 2.67 bits per heavy atom. The molecule has 0 atom stereocenters. The molecule has 0 aromatic carbocycles. The summed E-state index contributed by atoms with van der Waals surface area (Å²) >= 11 is 1.62. The topological polar surface area (TPSA) is 46.0 Å². The molecule has 50 valence electrons. The molecule has 0 amide bonds. The van der Waals surface area contributed by atoms with Crippen LogP contribution >= 0.6 is 11.8 Å². The maximum absolute atomic E-state index is 10.4. The zero-order valence-corrected chi connectivity index (χ0v) is 5.83. The summed E-state index contributed by atoms with van der Waals surface area (Å²) in [7, 11) is 0. The Morgan fingerprint density at radius 3 is 3.11 bits per heavy atom. The highest BCUT2D eigenvalue weighted by atomic mass is 32.2. The van der Waals surface area contributed by atoms with Crippen LogP contribution in [0, 0.1) is 0 Å². The van der Waals surface area contributed by atoms with Crippen LogP contribution in [0.2, 0.25) is 0 Å². The summed E-state index contributed by atoms with van der Waals surface area (Å²) < 4.78 is 4.75. The lowest BCUT2D eigenvalue weighted by molar-refractivity contribution is 0.390. The molecule has 1 heterocycles. The molecule has 1 N–H and O–H groups in total. The van der Waals surface area contributed by atoms with Crippen molar-refractivity contribution >= 4 is 11.8 Å². The van der Waals surface area contributed by atoms with Crippen LogP contribution in [-0.2, 0) is 5.75 Å². The number of nitrogens with one attached hydrogen (secondary N) is 1. The molecule has 0 unspecified atom stereocenters. The quantitative estimate of drug-likeness (QED) is 0.670. The van der Waals surface area contributed by atoms with Crippen molar-refractivity contribution in [3.63, 3.8) is 0 Å². The molecule has 0 radical (unpaired) electrons. The summed E-state index contributed by atoms with van der Waals surface area (Å²) in [5, 5.41) is 2.21. The summed E-state index contributed by atoms with van der Waals surface area (Å²) in [4.78, 5) is 10.4. The number of H-pyrrole nitrogens is 1. The highest BCUT2D eigenvalue weighted by molar-refractivity contribution is 7.97. The fourth-order valence-electron chi connectivity index (χ4n) is 0.534. The van der Waals surface area contributed by atoms with E-state index in [4.69, 9.17) is 4.52 Å². The third-order valence-corrected chi connectivity index (χ3v) is 1.43. The van der Waals surface area contributed by atoms with Gasteiger partial charge in [-0.1, -0.05) is 0 Å². The van der Waals surface area contributed by atoms with E-state index in [1.807, 2.05) is 6.26 Å². The molecule has 0 bridgehead atoms. The minimum Gasteiger partial charge on any atom is -0.383 e. The summed E-state index contributed by atoms with van der Waals surface area (Å²) in [6, 6.07) is 1.45. The molecule has 1 rings (SSSR count). The van der Waals surface area contributed by atoms with Gasteiger partial charge >= 0.3 is 0 Å². The zero-order valence-electron chi connectivity index (χ0n) is 5.01. The van der Waals surface area contributed by atoms with E-state index in [0.717, 1.165) is 5.75 Å². The van der Waals surface area contributed by atoms with E-state index in [2.05, 4.69) is 5.16 Å². The Morgan fingerprint density at radius 1 is 1.89 bits per heavy atom. The van der Waals surface area contributed by atoms with Crippen LogP contribution in [0.3, 0.4) is 0 Å². The van der Waals surface area contributed by atoms with E-state index < -0.39 is 0 Å². The minimum atomic E-state index is -0.168. The SMILES string of the molecule is CSCc1cc(=O)[nH]o1. The molecule has 9 heavy (non-hydrogen) atoms. The Labute approximate surface area is 56.4 Å². The van der Waals surface area contributed by atoms with E-state index in [1.54, 1.807) is 11.8 Å². The summed E-state index contributed by atoms with van der Waals surface area (Å²) in [6.07, 6.45) is 1.95. The minimum absolute atomic E-state index is 0.168. The van der Waals surface area contributed by atoms with Crippen molar-refractivity contribution < 1.29 is 4.52 Å². The van der Waals surface area contributed by atoms with Crippen molar-refractivity contribution in [1.82, 2.24) is 5.16 Å². The first kappa shape index (κ1) is 6.48. The van der Waals surface area contributed by atoms with Crippen molar-refractivity contribution in [3.8, 4) is 0 Å². The van der Waals surface area contributed by atoms with Gasteiger partial charge < -0.3 is 4.52 Å². The molecule has 0 saturated heterocycles. The molecular weight excluding hydrogens is 138 g/mol. The first-order valence-electron chi connectivity index (χ1n) is 2.49. The lowest BCUT2D eigenvalue weighted by Crippen LogP contribution is -1.92. The van der Waals surface area contributed by atoms with Crippen molar-refractivity contribution in [2.24, 2.45) is 0 Å². The van der Waals surface area contributed by atoms with Gasteiger partial charge in [0.25, 0.3) is 5.56 Å². The predicted octanol–water partition coefficient (Wildman–Crippen LogP) is 0.831. The molecule has 3 nitrogen and oxygen atoms in total. The highest BCUT2D eigenvalue weighted by Crippen LogP contribution is 2.03. The van der Waals surface area contributed by atoms with E-state index in [0.29, 0.717) is 5.76 Å². The molecular formula is C5H7NO2S. The third-order valence-electron chi connectivity index (χ3n) is 0.861. The van der Waals surface area contributed by atoms with Crippen molar-refractivity contribution in [3.05, 3.63) is 22.2 Å². The largest absolute Gasteiger partial charge is 0.383 e. The van der Waals surface area contributed by atoms with Gasteiger partial charge in [0.2, 0.25) is 0 Å². The number of hydrogen-bond acceptors (Lipinski definition) is 3. The van der Waals surface area contributed by atoms with Crippen LogP contribution in [0.5, 0.6) is 0 Å². The van der Waals surface area contributed by atoms with E-state index in [-0.39, 0.29) is 5.56 Å². The molecule has 0 fully saturated rings. The van der Waals surface area contributed by atoms with E-state index in [1.165, 1.54) is 6.07 Å². The maximum atomic E-state index is 10.4. The molecule has 0 aliphatic carbocycles. The number of hydrogen-bond donors (Lipinski definition) is 1. The molecule has 0 saturated carbocycles. The van der Waals surface area contributed by atoms with Gasteiger partial charge in [-0.3, -0.25) is 4.79 Å². The van der Waals surface area contributed by atoms with Gasteiger partial charge in [-0.2, -0.15) is 16.9 Å².